The monoisotopic (exact) mass is 750 g/mol. The lowest BCUT2D eigenvalue weighted by atomic mass is 9.64. The molecule has 54 heavy (non-hydrogen) atoms. The summed E-state index contributed by atoms with van der Waals surface area (Å²) in [5, 5.41) is 99.3. The topological polar surface area (TPSA) is 228 Å². The lowest BCUT2D eigenvalue weighted by molar-refractivity contribution is -0.0875. The van der Waals surface area contributed by atoms with Crippen molar-refractivity contribution < 1.29 is 69.6 Å². The normalized spacial score (nSPS) is 24.9. The molecule has 6 unspecified atom stereocenters. The molecule has 1 aliphatic heterocycles. The molecule has 1 aliphatic carbocycles. The van der Waals surface area contributed by atoms with E-state index < -0.39 is 54.9 Å². The van der Waals surface area contributed by atoms with E-state index >= 15 is 0 Å². The van der Waals surface area contributed by atoms with Crippen LogP contribution >= 0.6 is 0 Å². The van der Waals surface area contributed by atoms with Crippen LogP contribution in [0.4, 0.5) is 0 Å². The maximum Gasteiger partial charge on any atom is 0.165 e. The van der Waals surface area contributed by atoms with E-state index in [4.69, 9.17) is 23.7 Å². The molecule has 4 aromatic rings. The van der Waals surface area contributed by atoms with Gasteiger partial charge in [0.15, 0.2) is 46.0 Å². The first-order valence-corrected chi connectivity index (χ1v) is 17.3. The third-order valence-electron chi connectivity index (χ3n) is 11.0. The first-order valence-electron chi connectivity index (χ1n) is 17.3. The van der Waals surface area contributed by atoms with E-state index in [-0.39, 0.29) is 76.6 Å². The van der Waals surface area contributed by atoms with Crippen molar-refractivity contribution >= 4 is 0 Å². The van der Waals surface area contributed by atoms with Gasteiger partial charge >= 0.3 is 0 Å². The fourth-order valence-corrected chi connectivity index (χ4v) is 8.11. The highest BCUT2D eigenvalue weighted by Gasteiger charge is 2.50. The minimum absolute atomic E-state index is 0.00631. The Balaban J connectivity index is 1.48. The average molecular weight is 751 g/mol. The molecule has 0 aromatic heterocycles. The maximum atomic E-state index is 11.9. The fraction of sp³-hybridized carbons (Fsp3) is 0.400. The molecule has 0 bridgehead atoms. The van der Waals surface area contributed by atoms with Crippen molar-refractivity contribution in [2.24, 2.45) is 11.8 Å². The molecule has 2 aliphatic rings. The van der Waals surface area contributed by atoms with Crippen molar-refractivity contribution in [1.82, 2.24) is 0 Å². The summed E-state index contributed by atoms with van der Waals surface area (Å²) in [7, 11) is 5.47. The number of hydrogen-bond donors (Lipinski definition) is 9. The second-order valence-corrected chi connectivity index (χ2v) is 14.0. The largest absolute Gasteiger partial charge is 0.504 e. The van der Waals surface area contributed by atoms with Crippen molar-refractivity contribution in [3.63, 3.8) is 0 Å². The lowest BCUT2D eigenvalue weighted by Crippen LogP contribution is -2.51. The Morgan fingerprint density at radius 2 is 1.22 bits per heavy atom. The smallest absolute Gasteiger partial charge is 0.165 e. The summed E-state index contributed by atoms with van der Waals surface area (Å²) in [6.07, 6.45) is -0.926. The Morgan fingerprint density at radius 1 is 0.648 bits per heavy atom. The predicted octanol–water partition coefficient (Wildman–Crippen LogP) is 2.88. The highest BCUT2D eigenvalue weighted by atomic mass is 16.5. The third kappa shape index (κ3) is 6.59. The fourth-order valence-electron chi connectivity index (χ4n) is 8.11. The standard InChI is InChI=1S/C40H46O14/c1-50-31-7-20(5-6-29(31)44)14-40(49)19-54-38(28(40)17-42)22-9-26(37(47)34(11-22)53-4)25-8-21(10-33(52-3)36(25)46)35-24-13-30(45)32(51-2)12-23(24)15-39(48,18-43)27(35)16-41/h5-13,27-28,35,38,41-49H,14-19H2,1-4H3. The molecule has 6 rings (SSSR count). The minimum atomic E-state index is -1.80. The van der Waals surface area contributed by atoms with E-state index in [0.717, 1.165) is 0 Å². The van der Waals surface area contributed by atoms with Gasteiger partial charge in [0.2, 0.25) is 0 Å². The van der Waals surface area contributed by atoms with Crippen LogP contribution in [-0.4, -0.2) is 112 Å². The highest BCUT2D eigenvalue weighted by Crippen LogP contribution is 2.53. The number of aromatic hydroxyl groups is 4. The summed E-state index contributed by atoms with van der Waals surface area (Å²) in [4.78, 5) is 0. The van der Waals surface area contributed by atoms with Crippen molar-refractivity contribution in [2.45, 2.75) is 36.1 Å². The highest BCUT2D eigenvalue weighted by molar-refractivity contribution is 5.81. The van der Waals surface area contributed by atoms with Crippen LogP contribution in [0.2, 0.25) is 0 Å². The second-order valence-electron chi connectivity index (χ2n) is 14.0. The number of benzene rings is 4. The number of rotatable bonds is 12. The molecule has 4 aromatic carbocycles. The van der Waals surface area contributed by atoms with Gasteiger partial charge in [-0.05, 0) is 76.3 Å². The number of fused-ring (bicyclic) bond motifs is 1. The number of hydrogen-bond acceptors (Lipinski definition) is 14. The summed E-state index contributed by atoms with van der Waals surface area (Å²) in [5.41, 5.74) is -0.770. The first kappa shape index (κ1) is 38.8. The van der Waals surface area contributed by atoms with Crippen molar-refractivity contribution in [1.29, 1.82) is 0 Å². The van der Waals surface area contributed by atoms with Crippen LogP contribution < -0.4 is 18.9 Å². The maximum absolute atomic E-state index is 11.9. The molecular formula is C40H46O14. The lowest BCUT2D eigenvalue weighted by Gasteiger charge is -2.44. The molecule has 1 heterocycles. The number of ether oxygens (including phenoxy) is 5. The molecule has 0 spiro atoms. The Morgan fingerprint density at radius 3 is 1.80 bits per heavy atom. The molecule has 290 valence electrons. The van der Waals surface area contributed by atoms with E-state index in [9.17, 15) is 46.0 Å². The van der Waals surface area contributed by atoms with Gasteiger partial charge in [-0.3, -0.25) is 0 Å². The Labute approximate surface area is 311 Å². The second kappa shape index (κ2) is 15.1. The molecule has 0 radical (unpaired) electrons. The van der Waals surface area contributed by atoms with Gasteiger partial charge in [0.1, 0.15) is 0 Å². The average Bonchev–Trinajstić information content (AvgIpc) is 3.50. The van der Waals surface area contributed by atoms with Gasteiger partial charge in [-0.25, -0.2) is 0 Å². The number of aliphatic hydroxyl groups excluding tert-OH is 3. The van der Waals surface area contributed by atoms with Crippen molar-refractivity contribution in [3.8, 4) is 57.1 Å². The van der Waals surface area contributed by atoms with E-state index in [1.807, 2.05) is 0 Å². The summed E-state index contributed by atoms with van der Waals surface area (Å²) in [6.45, 7) is -1.92. The van der Waals surface area contributed by atoms with Gasteiger partial charge in [0.05, 0.1) is 65.6 Å². The molecule has 1 fully saturated rings. The zero-order chi connectivity index (χ0) is 39.1. The summed E-state index contributed by atoms with van der Waals surface area (Å²) in [6, 6.07) is 13.8. The van der Waals surface area contributed by atoms with Crippen LogP contribution in [0.1, 0.15) is 39.8 Å². The Kier molecular flexibility index (Phi) is 10.8. The van der Waals surface area contributed by atoms with E-state index in [2.05, 4.69) is 0 Å². The SMILES string of the molecule is COc1cc(CC2(O)COC(c3cc(OC)c(O)c(-c4cc(C5c6cc(O)c(OC)cc6CC(O)(CO)C5CO)cc(OC)c4O)c3)C2CO)ccc1O. The van der Waals surface area contributed by atoms with Crippen LogP contribution in [0.25, 0.3) is 11.1 Å². The van der Waals surface area contributed by atoms with Gasteiger partial charge in [0.25, 0.3) is 0 Å². The molecule has 1 saturated heterocycles. The third-order valence-corrected chi connectivity index (χ3v) is 11.0. The molecule has 14 heteroatoms. The first-order chi connectivity index (χ1) is 25.8. The minimum Gasteiger partial charge on any atom is -0.504 e. The summed E-state index contributed by atoms with van der Waals surface area (Å²) >= 11 is 0. The van der Waals surface area contributed by atoms with Gasteiger partial charge in [-0.1, -0.05) is 6.07 Å². The molecule has 6 atom stereocenters. The Bertz CT molecular complexity index is 2020. The van der Waals surface area contributed by atoms with Gasteiger partial charge < -0.3 is 69.6 Å². The van der Waals surface area contributed by atoms with Crippen LogP contribution in [0, 0.1) is 11.8 Å². The number of aliphatic hydroxyl groups is 5. The van der Waals surface area contributed by atoms with Crippen LogP contribution in [-0.2, 0) is 17.6 Å². The quantitative estimate of drug-likeness (QED) is 0.102. The molecule has 14 nitrogen and oxygen atoms in total. The number of phenols is 4. The van der Waals surface area contributed by atoms with Gasteiger partial charge in [-0.2, -0.15) is 0 Å². The summed E-state index contributed by atoms with van der Waals surface area (Å²) in [5.74, 6) is -3.40. The van der Waals surface area contributed by atoms with Crippen LogP contribution in [0.3, 0.4) is 0 Å². The zero-order valence-corrected chi connectivity index (χ0v) is 30.3. The molecule has 0 amide bonds. The van der Waals surface area contributed by atoms with Crippen LogP contribution in [0.5, 0.6) is 46.0 Å². The number of phenolic OH excluding ortho intramolecular Hbond substituents is 4. The predicted molar refractivity (Wildman–Crippen MR) is 194 cm³/mol. The van der Waals surface area contributed by atoms with Crippen molar-refractivity contribution in [2.75, 3.05) is 54.9 Å². The molecular weight excluding hydrogens is 704 g/mol. The number of methoxy groups -OCH3 is 4. The van der Waals surface area contributed by atoms with E-state index in [1.54, 1.807) is 24.3 Å². The van der Waals surface area contributed by atoms with Gasteiger partial charge in [0, 0.05) is 48.3 Å². The zero-order valence-electron chi connectivity index (χ0n) is 30.3. The molecule has 9 N–H and O–H groups in total. The summed E-state index contributed by atoms with van der Waals surface area (Å²) < 4.78 is 27.8. The van der Waals surface area contributed by atoms with Crippen LogP contribution in [0.15, 0.2) is 54.6 Å². The van der Waals surface area contributed by atoms with Crippen molar-refractivity contribution in [3.05, 3.63) is 82.4 Å². The Hall–Kier alpha value is -4.96. The molecule has 0 saturated carbocycles. The van der Waals surface area contributed by atoms with Gasteiger partial charge in [-0.15, -0.1) is 0 Å². The van der Waals surface area contributed by atoms with E-state index in [1.165, 1.54) is 58.8 Å². The van der Waals surface area contributed by atoms with E-state index in [0.29, 0.717) is 27.8 Å².